The maximum absolute atomic E-state index is 13.3. The van der Waals surface area contributed by atoms with Crippen molar-refractivity contribution in [3.8, 4) is 0 Å². The molecule has 5 nitrogen and oxygen atoms in total. The lowest BCUT2D eigenvalue weighted by Gasteiger charge is -2.07. The zero-order valence-electron chi connectivity index (χ0n) is 10.3. The van der Waals surface area contributed by atoms with Crippen molar-refractivity contribution in [2.24, 2.45) is 0 Å². The summed E-state index contributed by atoms with van der Waals surface area (Å²) in [4.78, 5) is 22.1. The Morgan fingerprint density at radius 1 is 1.29 bits per heavy atom. The number of nitrogens with one attached hydrogen (secondary N) is 1. The molecule has 0 unspecified atom stereocenters. The van der Waals surface area contributed by atoms with E-state index >= 15 is 0 Å². The highest BCUT2D eigenvalue weighted by molar-refractivity contribution is 14.1. The second-order valence-electron chi connectivity index (χ2n) is 4.03. The van der Waals surface area contributed by atoms with Gasteiger partial charge in [0.05, 0.1) is 22.2 Å². The predicted molar refractivity (Wildman–Crippen MR) is 87.9 cm³/mol. The van der Waals surface area contributed by atoms with Gasteiger partial charge in [-0.1, -0.05) is 0 Å². The third kappa shape index (κ3) is 3.97. The van der Waals surface area contributed by atoms with E-state index in [1.54, 1.807) is 12.1 Å². The van der Waals surface area contributed by atoms with Crippen molar-refractivity contribution >= 4 is 55.8 Å². The number of amides is 1. The molecule has 0 saturated heterocycles. The zero-order chi connectivity index (χ0) is 15.6. The number of carbonyl (C=O) groups is 1. The van der Waals surface area contributed by atoms with Gasteiger partial charge in [-0.05, 0) is 62.8 Å². The van der Waals surface area contributed by atoms with E-state index in [9.17, 15) is 19.3 Å². The van der Waals surface area contributed by atoms with Crippen LogP contribution in [-0.2, 0) is 0 Å². The highest BCUT2D eigenvalue weighted by atomic mass is 127. The number of carbonyl (C=O) groups excluding carboxylic acids is 1. The summed E-state index contributed by atoms with van der Waals surface area (Å²) >= 11 is 5.31. The lowest BCUT2D eigenvalue weighted by Crippen LogP contribution is -2.13. The molecular formula is C13H7BrFIN2O3. The standard InChI is InChI=1S/C13H7BrFIN2O3/c14-12-2-1-8(16)5-11(12)13(19)17-9-3-7(15)4-10(6-9)18(20)21/h1-6H,(H,17,19). The van der Waals surface area contributed by atoms with E-state index in [1.807, 2.05) is 6.07 Å². The number of hydrogen-bond acceptors (Lipinski definition) is 3. The summed E-state index contributed by atoms with van der Waals surface area (Å²) < 4.78 is 14.7. The fraction of sp³-hybridized carbons (Fsp3) is 0. The van der Waals surface area contributed by atoms with Crippen LogP contribution in [0.4, 0.5) is 15.8 Å². The Labute approximate surface area is 141 Å². The van der Waals surface area contributed by atoms with Gasteiger partial charge in [-0.25, -0.2) is 4.39 Å². The van der Waals surface area contributed by atoms with Crippen LogP contribution in [0.3, 0.4) is 0 Å². The van der Waals surface area contributed by atoms with Crippen molar-refractivity contribution in [1.29, 1.82) is 0 Å². The minimum absolute atomic E-state index is 0.0254. The number of nitrogens with zero attached hydrogens (tertiary/aromatic N) is 1. The Hall–Kier alpha value is -1.55. The van der Waals surface area contributed by atoms with Gasteiger partial charge in [0.1, 0.15) is 5.82 Å². The van der Waals surface area contributed by atoms with E-state index in [2.05, 4.69) is 43.8 Å². The van der Waals surface area contributed by atoms with Gasteiger partial charge < -0.3 is 5.32 Å². The molecule has 21 heavy (non-hydrogen) atoms. The third-order valence-corrected chi connectivity index (χ3v) is 3.89. The molecule has 0 aliphatic heterocycles. The first-order chi connectivity index (χ1) is 9.86. The molecule has 0 radical (unpaired) electrons. The molecule has 0 atom stereocenters. The van der Waals surface area contributed by atoms with E-state index in [1.165, 1.54) is 0 Å². The normalized spacial score (nSPS) is 10.2. The molecular weight excluding hydrogens is 458 g/mol. The summed E-state index contributed by atoms with van der Waals surface area (Å²) in [6.45, 7) is 0. The molecule has 0 spiro atoms. The van der Waals surface area contributed by atoms with Gasteiger partial charge >= 0.3 is 0 Å². The van der Waals surface area contributed by atoms with Crippen LogP contribution < -0.4 is 5.32 Å². The molecule has 0 fully saturated rings. The summed E-state index contributed by atoms with van der Waals surface area (Å²) in [7, 11) is 0. The van der Waals surface area contributed by atoms with Crippen LogP contribution in [0.1, 0.15) is 10.4 Å². The van der Waals surface area contributed by atoms with Crippen LogP contribution >= 0.6 is 38.5 Å². The number of rotatable bonds is 3. The Morgan fingerprint density at radius 2 is 2.00 bits per heavy atom. The van der Waals surface area contributed by atoms with Gasteiger partial charge in [0, 0.05) is 14.1 Å². The number of nitro groups is 1. The average molecular weight is 465 g/mol. The largest absolute Gasteiger partial charge is 0.322 e. The topological polar surface area (TPSA) is 72.2 Å². The number of anilines is 1. The molecule has 0 aliphatic rings. The van der Waals surface area contributed by atoms with Crippen LogP contribution in [0.2, 0.25) is 0 Å². The molecule has 1 N–H and O–H groups in total. The number of non-ortho nitro benzene ring substituents is 1. The lowest BCUT2D eigenvalue weighted by molar-refractivity contribution is -0.385. The van der Waals surface area contributed by atoms with E-state index in [-0.39, 0.29) is 5.69 Å². The van der Waals surface area contributed by atoms with Gasteiger partial charge in [0.15, 0.2) is 0 Å². The summed E-state index contributed by atoms with van der Waals surface area (Å²) in [6, 6.07) is 8.08. The monoisotopic (exact) mass is 464 g/mol. The van der Waals surface area contributed by atoms with Gasteiger partial charge in [-0.2, -0.15) is 0 Å². The molecule has 0 aromatic heterocycles. The fourth-order valence-electron chi connectivity index (χ4n) is 1.62. The number of nitro benzene ring substituents is 1. The van der Waals surface area contributed by atoms with Gasteiger partial charge in [-0.3, -0.25) is 14.9 Å². The Bertz CT molecular complexity index is 739. The summed E-state index contributed by atoms with van der Waals surface area (Å²) in [5, 5.41) is 13.1. The van der Waals surface area contributed by atoms with Crippen molar-refractivity contribution in [1.82, 2.24) is 0 Å². The van der Waals surface area contributed by atoms with Crippen molar-refractivity contribution in [2.75, 3.05) is 5.32 Å². The van der Waals surface area contributed by atoms with Crippen LogP contribution in [0, 0.1) is 19.5 Å². The maximum atomic E-state index is 13.3. The lowest BCUT2D eigenvalue weighted by atomic mass is 10.2. The zero-order valence-corrected chi connectivity index (χ0v) is 14.0. The minimum atomic E-state index is -0.791. The van der Waals surface area contributed by atoms with Gasteiger partial charge in [-0.15, -0.1) is 0 Å². The molecule has 0 aliphatic carbocycles. The van der Waals surface area contributed by atoms with Crippen molar-refractivity contribution in [3.63, 3.8) is 0 Å². The van der Waals surface area contributed by atoms with Crippen molar-refractivity contribution in [2.45, 2.75) is 0 Å². The molecule has 0 bridgehead atoms. The number of hydrogen-bond donors (Lipinski definition) is 1. The number of benzene rings is 2. The first-order valence-corrected chi connectivity index (χ1v) is 7.45. The summed E-state index contributed by atoms with van der Waals surface area (Å²) in [6.07, 6.45) is 0. The summed E-state index contributed by atoms with van der Waals surface area (Å²) in [5.41, 5.74) is -0.0433. The van der Waals surface area contributed by atoms with Crippen LogP contribution in [-0.4, -0.2) is 10.8 Å². The van der Waals surface area contributed by atoms with Gasteiger partial charge in [0.2, 0.25) is 0 Å². The summed E-state index contributed by atoms with van der Waals surface area (Å²) in [5.74, 6) is -1.28. The smallest absolute Gasteiger partial charge is 0.274 e. The SMILES string of the molecule is O=C(Nc1cc(F)cc([N+](=O)[O-])c1)c1cc(I)ccc1Br. The predicted octanol–water partition coefficient (Wildman–Crippen LogP) is 4.35. The molecule has 2 aromatic carbocycles. The third-order valence-electron chi connectivity index (χ3n) is 2.52. The van der Waals surface area contributed by atoms with Crippen LogP contribution in [0.25, 0.3) is 0 Å². The van der Waals surface area contributed by atoms with Crippen LogP contribution in [0.15, 0.2) is 40.9 Å². The quantitative estimate of drug-likeness (QED) is 0.417. The minimum Gasteiger partial charge on any atom is -0.322 e. The highest BCUT2D eigenvalue weighted by Gasteiger charge is 2.14. The van der Waals surface area contributed by atoms with Crippen molar-refractivity contribution < 1.29 is 14.1 Å². The fourth-order valence-corrected chi connectivity index (χ4v) is 2.54. The molecule has 0 heterocycles. The van der Waals surface area contributed by atoms with E-state index in [0.29, 0.717) is 10.0 Å². The maximum Gasteiger partial charge on any atom is 0.274 e. The first-order valence-electron chi connectivity index (χ1n) is 5.58. The number of halogens is 3. The molecule has 1 amide bonds. The van der Waals surface area contributed by atoms with Gasteiger partial charge in [0.25, 0.3) is 11.6 Å². The molecule has 108 valence electrons. The molecule has 2 aromatic rings. The second-order valence-corrected chi connectivity index (χ2v) is 6.13. The Kier molecular flexibility index (Phi) is 4.88. The molecule has 0 saturated carbocycles. The van der Waals surface area contributed by atoms with Crippen molar-refractivity contribution in [3.05, 3.63) is 65.9 Å². The second kappa shape index (κ2) is 6.48. The Morgan fingerprint density at radius 3 is 2.67 bits per heavy atom. The average Bonchev–Trinajstić information content (AvgIpc) is 2.40. The first kappa shape index (κ1) is 15.8. The molecule has 8 heteroatoms. The molecule has 2 rings (SSSR count). The van der Waals surface area contributed by atoms with E-state index in [0.717, 1.165) is 21.8 Å². The Balaban J connectivity index is 2.31. The van der Waals surface area contributed by atoms with E-state index < -0.39 is 22.3 Å². The highest BCUT2D eigenvalue weighted by Crippen LogP contribution is 2.23. The van der Waals surface area contributed by atoms with E-state index in [4.69, 9.17) is 0 Å². The van der Waals surface area contributed by atoms with Crippen LogP contribution in [0.5, 0.6) is 0 Å².